The summed E-state index contributed by atoms with van der Waals surface area (Å²) in [4.78, 5) is 0. The van der Waals surface area contributed by atoms with Crippen LogP contribution in [0.4, 0.5) is 0 Å². The molecule has 0 aromatic heterocycles. The molecule has 1 N–H and O–H groups in total. The SMILES string of the molecule is CN(C(C)(C)C)S(=O)(=O)C1(CO)CC1. The number of nitrogens with zero attached hydrogens (tertiary/aromatic N) is 1. The molecule has 0 aromatic rings. The Bertz CT molecular complexity index is 311. The highest BCUT2D eigenvalue weighted by Crippen LogP contribution is 2.45. The van der Waals surface area contributed by atoms with Crippen molar-refractivity contribution in [1.82, 2.24) is 4.31 Å². The lowest BCUT2D eigenvalue weighted by molar-refractivity contribution is 0.256. The number of rotatable bonds is 3. The molecule has 0 amide bonds. The highest BCUT2D eigenvalue weighted by Gasteiger charge is 2.57. The van der Waals surface area contributed by atoms with Crippen molar-refractivity contribution in [2.24, 2.45) is 0 Å². The zero-order valence-electron chi connectivity index (χ0n) is 9.24. The minimum Gasteiger partial charge on any atom is -0.395 e. The van der Waals surface area contributed by atoms with Crippen molar-refractivity contribution in [1.29, 1.82) is 0 Å². The average molecular weight is 221 g/mol. The third-order valence-electron chi connectivity index (χ3n) is 2.95. The van der Waals surface area contributed by atoms with Gasteiger partial charge in [0.2, 0.25) is 10.0 Å². The Kier molecular flexibility index (Phi) is 2.71. The van der Waals surface area contributed by atoms with Gasteiger partial charge in [-0.2, -0.15) is 4.31 Å². The Hall–Kier alpha value is -0.130. The lowest BCUT2D eigenvalue weighted by atomic mass is 10.1. The largest absolute Gasteiger partial charge is 0.395 e. The van der Waals surface area contributed by atoms with E-state index >= 15 is 0 Å². The van der Waals surface area contributed by atoms with Gasteiger partial charge in [-0.1, -0.05) is 0 Å². The molecule has 5 heteroatoms. The molecular weight excluding hydrogens is 202 g/mol. The second-order valence-corrected chi connectivity index (χ2v) is 7.35. The standard InChI is InChI=1S/C9H19NO3S/c1-8(2,3)10(4)14(12,13)9(7-11)5-6-9/h11H,5-7H2,1-4H3. The van der Waals surface area contributed by atoms with E-state index in [1.807, 2.05) is 20.8 Å². The number of aliphatic hydroxyl groups excluding tert-OH is 1. The minimum absolute atomic E-state index is 0.268. The first-order valence-corrected chi connectivity index (χ1v) is 6.21. The van der Waals surface area contributed by atoms with Crippen molar-refractivity contribution in [3.05, 3.63) is 0 Å². The van der Waals surface area contributed by atoms with Crippen LogP contribution in [0.3, 0.4) is 0 Å². The molecule has 0 heterocycles. The van der Waals surface area contributed by atoms with E-state index in [9.17, 15) is 8.42 Å². The van der Waals surface area contributed by atoms with E-state index in [0.717, 1.165) is 0 Å². The van der Waals surface area contributed by atoms with E-state index < -0.39 is 20.3 Å². The van der Waals surface area contributed by atoms with Crippen LogP contribution in [0.1, 0.15) is 33.6 Å². The van der Waals surface area contributed by atoms with E-state index in [2.05, 4.69) is 0 Å². The zero-order chi connectivity index (χ0) is 11.2. The molecule has 1 rings (SSSR count). The fraction of sp³-hybridized carbons (Fsp3) is 1.00. The maximum atomic E-state index is 12.1. The number of hydrogen-bond acceptors (Lipinski definition) is 3. The summed E-state index contributed by atoms with van der Waals surface area (Å²) in [6, 6.07) is 0. The minimum atomic E-state index is -3.35. The quantitative estimate of drug-likeness (QED) is 0.758. The molecule has 0 atom stereocenters. The summed E-state index contributed by atoms with van der Waals surface area (Å²) in [5.41, 5.74) is -0.427. The van der Waals surface area contributed by atoms with Crippen LogP contribution in [0.25, 0.3) is 0 Å². The van der Waals surface area contributed by atoms with Crippen LogP contribution in [-0.2, 0) is 10.0 Å². The average Bonchev–Trinajstić information content (AvgIpc) is 2.81. The molecule has 1 fully saturated rings. The molecule has 0 radical (unpaired) electrons. The second-order valence-electron chi connectivity index (χ2n) is 4.98. The van der Waals surface area contributed by atoms with Gasteiger partial charge in [-0.3, -0.25) is 0 Å². The van der Waals surface area contributed by atoms with Gasteiger partial charge in [-0.25, -0.2) is 8.42 Å². The summed E-state index contributed by atoms with van der Waals surface area (Å²) in [5.74, 6) is 0. The Labute approximate surface area is 86.0 Å². The summed E-state index contributed by atoms with van der Waals surface area (Å²) in [6.07, 6.45) is 1.15. The summed E-state index contributed by atoms with van der Waals surface area (Å²) in [5, 5.41) is 9.10. The molecule has 1 aliphatic rings. The van der Waals surface area contributed by atoms with Gasteiger partial charge in [0.1, 0.15) is 4.75 Å². The van der Waals surface area contributed by atoms with Gasteiger partial charge in [0.25, 0.3) is 0 Å². The van der Waals surface area contributed by atoms with Crippen LogP contribution < -0.4 is 0 Å². The van der Waals surface area contributed by atoms with E-state index in [1.54, 1.807) is 7.05 Å². The first kappa shape index (κ1) is 11.9. The van der Waals surface area contributed by atoms with Gasteiger partial charge in [0.05, 0.1) is 6.61 Å². The summed E-state index contributed by atoms with van der Waals surface area (Å²) >= 11 is 0. The maximum Gasteiger partial charge on any atom is 0.222 e. The molecule has 14 heavy (non-hydrogen) atoms. The first-order chi connectivity index (χ1) is 6.17. The molecular formula is C9H19NO3S. The third-order valence-corrected chi connectivity index (χ3v) is 5.85. The van der Waals surface area contributed by atoms with Crippen LogP contribution in [0.15, 0.2) is 0 Å². The number of sulfonamides is 1. The van der Waals surface area contributed by atoms with Crippen LogP contribution in [-0.4, -0.2) is 41.8 Å². The fourth-order valence-corrected chi connectivity index (χ4v) is 3.37. The van der Waals surface area contributed by atoms with Gasteiger partial charge >= 0.3 is 0 Å². The normalized spacial score (nSPS) is 21.3. The van der Waals surface area contributed by atoms with Gasteiger partial charge < -0.3 is 5.11 Å². The van der Waals surface area contributed by atoms with E-state index in [-0.39, 0.29) is 6.61 Å². The third kappa shape index (κ3) is 1.68. The number of hydrogen-bond donors (Lipinski definition) is 1. The molecule has 0 spiro atoms. The summed E-state index contributed by atoms with van der Waals surface area (Å²) in [6.45, 7) is 5.27. The molecule has 0 unspecified atom stereocenters. The van der Waals surface area contributed by atoms with Crippen molar-refractivity contribution >= 4 is 10.0 Å². The second kappa shape index (κ2) is 3.18. The van der Waals surface area contributed by atoms with Crippen molar-refractivity contribution in [2.75, 3.05) is 13.7 Å². The Morgan fingerprint density at radius 2 is 1.79 bits per heavy atom. The predicted molar refractivity (Wildman–Crippen MR) is 55.5 cm³/mol. The van der Waals surface area contributed by atoms with Gasteiger partial charge in [-0.15, -0.1) is 0 Å². The number of aliphatic hydroxyl groups is 1. The smallest absolute Gasteiger partial charge is 0.222 e. The molecule has 0 saturated heterocycles. The van der Waals surface area contributed by atoms with Crippen molar-refractivity contribution in [2.45, 2.75) is 43.9 Å². The van der Waals surface area contributed by atoms with Crippen LogP contribution >= 0.6 is 0 Å². The highest BCUT2D eigenvalue weighted by molar-refractivity contribution is 7.90. The fourth-order valence-electron chi connectivity index (χ4n) is 1.29. The molecule has 0 aliphatic heterocycles. The Morgan fingerprint density at radius 1 is 1.36 bits per heavy atom. The Morgan fingerprint density at radius 3 is 2.00 bits per heavy atom. The predicted octanol–water partition coefficient (Wildman–Crippen LogP) is 0.571. The zero-order valence-corrected chi connectivity index (χ0v) is 10.1. The van der Waals surface area contributed by atoms with Crippen molar-refractivity contribution < 1.29 is 13.5 Å². The first-order valence-electron chi connectivity index (χ1n) is 4.77. The van der Waals surface area contributed by atoms with Crippen molar-refractivity contribution in [3.8, 4) is 0 Å². The molecule has 1 saturated carbocycles. The molecule has 1 aliphatic carbocycles. The van der Waals surface area contributed by atoms with Crippen LogP contribution in [0.2, 0.25) is 0 Å². The molecule has 0 aromatic carbocycles. The van der Waals surface area contributed by atoms with E-state index in [0.29, 0.717) is 12.8 Å². The summed E-state index contributed by atoms with van der Waals surface area (Å²) < 4.78 is 24.6. The topological polar surface area (TPSA) is 57.6 Å². The van der Waals surface area contributed by atoms with Gasteiger partial charge in [0.15, 0.2) is 0 Å². The van der Waals surface area contributed by atoms with Gasteiger partial charge in [-0.05, 0) is 33.6 Å². The maximum absolute atomic E-state index is 12.1. The van der Waals surface area contributed by atoms with E-state index in [1.165, 1.54) is 4.31 Å². The molecule has 0 bridgehead atoms. The van der Waals surface area contributed by atoms with Crippen molar-refractivity contribution in [3.63, 3.8) is 0 Å². The van der Waals surface area contributed by atoms with Gasteiger partial charge in [0, 0.05) is 12.6 Å². The monoisotopic (exact) mass is 221 g/mol. The van der Waals surface area contributed by atoms with E-state index in [4.69, 9.17) is 5.11 Å². The van der Waals surface area contributed by atoms with Crippen LogP contribution in [0, 0.1) is 0 Å². The molecule has 4 nitrogen and oxygen atoms in total. The lowest BCUT2D eigenvalue weighted by Gasteiger charge is -2.33. The van der Waals surface area contributed by atoms with Crippen LogP contribution in [0.5, 0.6) is 0 Å². The highest BCUT2D eigenvalue weighted by atomic mass is 32.2. The lowest BCUT2D eigenvalue weighted by Crippen LogP contribution is -2.48. The Balaban J connectivity index is 2.98. The summed E-state index contributed by atoms with van der Waals surface area (Å²) in [7, 11) is -1.78. The molecule has 84 valence electrons.